The molecule has 25 heavy (non-hydrogen) atoms. The van der Waals surface area contributed by atoms with E-state index in [1.807, 2.05) is 19.4 Å². The summed E-state index contributed by atoms with van der Waals surface area (Å²) in [5.74, 6) is 0.804. The Hall–Kier alpha value is -1.90. The number of aliphatic imine (C=N–C) groups is 1. The highest BCUT2D eigenvalue weighted by molar-refractivity contribution is 7.10. The Morgan fingerprint density at radius 2 is 2.24 bits per heavy atom. The molecule has 2 N–H and O–H groups in total. The molecule has 1 aliphatic rings. The van der Waals surface area contributed by atoms with Crippen molar-refractivity contribution < 1.29 is 4.74 Å². The Morgan fingerprint density at radius 3 is 2.88 bits per heavy atom. The van der Waals surface area contributed by atoms with Gasteiger partial charge < -0.3 is 15.4 Å². The fourth-order valence-corrected chi connectivity index (χ4v) is 3.80. The number of rotatable bonds is 6. The molecule has 0 spiro atoms. The number of aromatic nitrogens is 2. The van der Waals surface area contributed by atoms with Crippen LogP contribution < -0.4 is 10.6 Å². The predicted octanol–water partition coefficient (Wildman–Crippen LogP) is 1.22. The molecule has 0 amide bonds. The third kappa shape index (κ3) is 5.04. The predicted molar refractivity (Wildman–Crippen MR) is 101 cm³/mol. The monoisotopic (exact) mass is 362 g/mol. The number of thiophene rings is 1. The lowest BCUT2D eigenvalue weighted by molar-refractivity contribution is 0.0177. The SMILES string of the molecule is CN=C(NCc1cnn(C)c1)NCC(c1cccs1)N1CCOCC1. The van der Waals surface area contributed by atoms with E-state index < -0.39 is 0 Å². The largest absolute Gasteiger partial charge is 0.379 e. The lowest BCUT2D eigenvalue weighted by atomic mass is 10.2. The van der Waals surface area contributed by atoms with Gasteiger partial charge in [0.15, 0.2) is 5.96 Å². The number of nitrogens with zero attached hydrogens (tertiary/aromatic N) is 4. The summed E-state index contributed by atoms with van der Waals surface area (Å²) in [6.45, 7) is 5.05. The first-order valence-electron chi connectivity index (χ1n) is 8.53. The van der Waals surface area contributed by atoms with Gasteiger partial charge in [-0.15, -0.1) is 11.3 Å². The first-order chi connectivity index (χ1) is 12.3. The summed E-state index contributed by atoms with van der Waals surface area (Å²) in [4.78, 5) is 8.19. The number of morpholine rings is 1. The van der Waals surface area contributed by atoms with Crippen molar-refractivity contribution in [2.24, 2.45) is 12.0 Å². The number of guanidine groups is 1. The van der Waals surface area contributed by atoms with E-state index in [2.05, 4.69) is 43.1 Å². The molecule has 0 saturated carbocycles. The second kappa shape index (κ2) is 8.98. The summed E-state index contributed by atoms with van der Waals surface area (Å²) < 4.78 is 7.30. The lowest BCUT2D eigenvalue weighted by Crippen LogP contribution is -2.46. The van der Waals surface area contributed by atoms with Crippen LogP contribution in [-0.2, 0) is 18.3 Å². The normalized spacial score (nSPS) is 17.4. The zero-order valence-corrected chi connectivity index (χ0v) is 15.6. The van der Waals surface area contributed by atoms with E-state index in [1.165, 1.54) is 4.88 Å². The van der Waals surface area contributed by atoms with Crippen molar-refractivity contribution in [1.82, 2.24) is 25.3 Å². The molecule has 1 fully saturated rings. The molecular formula is C17H26N6OS. The fourth-order valence-electron chi connectivity index (χ4n) is 2.94. The van der Waals surface area contributed by atoms with Crippen LogP contribution in [0.3, 0.4) is 0 Å². The van der Waals surface area contributed by atoms with Crippen LogP contribution in [0.5, 0.6) is 0 Å². The number of hydrogen-bond acceptors (Lipinski definition) is 5. The topological polar surface area (TPSA) is 66.7 Å². The van der Waals surface area contributed by atoms with E-state index in [0.717, 1.165) is 44.4 Å². The van der Waals surface area contributed by atoms with Crippen molar-refractivity contribution in [3.63, 3.8) is 0 Å². The van der Waals surface area contributed by atoms with E-state index in [0.29, 0.717) is 12.6 Å². The van der Waals surface area contributed by atoms with Gasteiger partial charge in [0.1, 0.15) is 0 Å². The van der Waals surface area contributed by atoms with Gasteiger partial charge in [-0.25, -0.2) is 0 Å². The first kappa shape index (κ1) is 17.9. The maximum absolute atomic E-state index is 5.50. The van der Waals surface area contributed by atoms with Crippen LogP contribution >= 0.6 is 11.3 Å². The van der Waals surface area contributed by atoms with Gasteiger partial charge in [0, 0.05) is 56.9 Å². The van der Waals surface area contributed by atoms with Gasteiger partial charge in [0.2, 0.25) is 0 Å². The smallest absolute Gasteiger partial charge is 0.191 e. The number of nitrogens with one attached hydrogen (secondary N) is 2. The standard InChI is InChI=1S/C17H26N6OS/c1-18-17(19-10-14-11-21-22(2)13-14)20-12-15(16-4-3-9-25-16)23-5-7-24-8-6-23/h3-4,9,11,13,15H,5-8,10,12H2,1-2H3,(H2,18,19,20). The molecule has 1 saturated heterocycles. The van der Waals surface area contributed by atoms with Gasteiger partial charge in [-0.05, 0) is 11.4 Å². The number of hydrogen-bond donors (Lipinski definition) is 2. The maximum Gasteiger partial charge on any atom is 0.191 e. The van der Waals surface area contributed by atoms with Gasteiger partial charge in [-0.3, -0.25) is 14.6 Å². The average Bonchev–Trinajstić information content (AvgIpc) is 3.31. The quantitative estimate of drug-likeness (QED) is 0.597. The van der Waals surface area contributed by atoms with E-state index in [1.54, 1.807) is 23.1 Å². The van der Waals surface area contributed by atoms with E-state index in [9.17, 15) is 0 Å². The third-order valence-electron chi connectivity index (χ3n) is 4.26. The molecular weight excluding hydrogens is 336 g/mol. The van der Waals surface area contributed by atoms with Gasteiger partial charge in [0.05, 0.1) is 25.5 Å². The van der Waals surface area contributed by atoms with Gasteiger partial charge in [-0.1, -0.05) is 6.07 Å². The molecule has 8 heteroatoms. The Kier molecular flexibility index (Phi) is 6.43. The van der Waals surface area contributed by atoms with Crippen LogP contribution in [0.25, 0.3) is 0 Å². The molecule has 0 aromatic carbocycles. The molecule has 1 aliphatic heterocycles. The Bertz CT molecular complexity index is 662. The number of ether oxygens (including phenoxy) is 1. The van der Waals surface area contributed by atoms with Crippen molar-refractivity contribution in [3.8, 4) is 0 Å². The summed E-state index contributed by atoms with van der Waals surface area (Å²) in [6, 6.07) is 4.65. The van der Waals surface area contributed by atoms with E-state index in [-0.39, 0.29) is 0 Å². The minimum absolute atomic E-state index is 0.334. The summed E-state index contributed by atoms with van der Waals surface area (Å²) in [5, 5.41) is 13.1. The molecule has 0 bridgehead atoms. The van der Waals surface area contributed by atoms with Crippen molar-refractivity contribution in [2.45, 2.75) is 12.6 Å². The molecule has 3 rings (SSSR count). The van der Waals surface area contributed by atoms with E-state index in [4.69, 9.17) is 4.74 Å². The van der Waals surface area contributed by atoms with Crippen molar-refractivity contribution >= 4 is 17.3 Å². The van der Waals surface area contributed by atoms with Crippen LogP contribution in [0, 0.1) is 0 Å². The molecule has 3 heterocycles. The highest BCUT2D eigenvalue weighted by Crippen LogP contribution is 2.25. The molecule has 0 aliphatic carbocycles. The van der Waals surface area contributed by atoms with Crippen molar-refractivity contribution in [3.05, 3.63) is 40.3 Å². The minimum Gasteiger partial charge on any atom is -0.379 e. The van der Waals surface area contributed by atoms with Gasteiger partial charge in [0.25, 0.3) is 0 Å². The maximum atomic E-state index is 5.50. The van der Waals surface area contributed by atoms with Crippen molar-refractivity contribution in [1.29, 1.82) is 0 Å². The Labute approximate surface area is 152 Å². The molecule has 7 nitrogen and oxygen atoms in total. The van der Waals surface area contributed by atoms with Crippen LogP contribution in [0.4, 0.5) is 0 Å². The van der Waals surface area contributed by atoms with Gasteiger partial charge >= 0.3 is 0 Å². The summed E-state index contributed by atoms with van der Waals surface area (Å²) >= 11 is 1.80. The molecule has 0 radical (unpaired) electrons. The van der Waals surface area contributed by atoms with Crippen LogP contribution in [0.2, 0.25) is 0 Å². The van der Waals surface area contributed by atoms with Crippen molar-refractivity contribution in [2.75, 3.05) is 39.9 Å². The molecule has 1 unspecified atom stereocenters. The van der Waals surface area contributed by atoms with Crippen LogP contribution in [0.1, 0.15) is 16.5 Å². The first-order valence-corrected chi connectivity index (χ1v) is 9.41. The Balaban J connectivity index is 1.57. The molecule has 1 atom stereocenters. The molecule has 2 aromatic heterocycles. The molecule has 136 valence electrons. The van der Waals surface area contributed by atoms with Crippen LogP contribution in [-0.4, -0.2) is 60.5 Å². The van der Waals surface area contributed by atoms with Gasteiger partial charge in [-0.2, -0.15) is 5.10 Å². The zero-order valence-electron chi connectivity index (χ0n) is 14.8. The summed E-state index contributed by atoms with van der Waals surface area (Å²) in [5.41, 5.74) is 1.13. The lowest BCUT2D eigenvalue weighted by Gasteiger charge is -2.34. The highest BCUT2D eigenvalue weighted by atomic mass is 32.1. The summed E-state index contributed by atoms with van der Waals surface area (Å²) in [7, 11) is 3.72. The third-order valence-corrected chi connectivity index (χ3v) is 5.24. The highest BCUT2D eigenvalue weighted by Gasteiger charge is 2.23. The zero-order chi connectivity index (χ0) is 17.5. The second-order valence-corrected chi connectivity index (χ2v) is 6.99. The summed E-state index contributed by atoms with van der Waals surface area (Å²) in [6.07, 6.45) is 3.87. The number of aryl methyl sites for hydroxylation is 1. The van der Waals surface area contributed by atoms with Crippen LogP contribution in [0.15, 0.2) is 34.9 Å². The Morgan fingerprint density at radius 1 is 1.40 bits per heavy atom. The second-order valence-electron chi connectivity index (χ2n) is 6.01. The fraction of sp³-hybridized carbons (Fsp3) is 0.529. The molecule has 2 aromatic rings. The minimum atomic E-state index is 0.334. The average molecular weight is 363 g/mol. The van der Waals surface area contributed by atoms with E-state index >= 15 is 0 Å².